The number of anilines is 1. The average Bonchev–Trinajstić information content (AvgIpc) is 3.12. The maximum Gasteiger partial charge on any atom is 0.300 e. The zero-order valence-corrected chi connectivity index (χ0v) is 22.5. The number of aliphatic hydroxyl groups is 1. The average molecular weight is 520 g/mol. The molecule has 4 rings (SSSR count). The van der Waals surface area contributed by atoms with Crippen LogP contribution < -0.4 is 14.4 Å². The summed E-state index contributed by atoms with van der Waals surface area (Å²) in [5, 5.41) is 12.1. The molecule has 1 fully saturated rings. The van der Waals surface area contributed by atoms with Crippen LogP contribution >= 0.6 is 11.6 Å². The van der Waals surface area contributed by atoms with Gasteiger partial charge in [-0.25, -0.2) is 0 Å². The van der Waals surface area contributed by atoms with Crippen LogP contribution in [0.25, 0.3) is 5.76 Å². The highest BCUT2D eigenvalue weighted by atomic mass is 35.5. The summed E-state index contributed by atoms with van der Waals surface area (Å²) >= 11 is 6.18. The van der Waals surface area contributed by atoms with Gasteiger partial charge in [-0.15, -0.1) is 0 Å². The SMILES string of the molecule is COc1cccc(OC)c1/C(O)=C1\C(=O)C(=O)N(c2ccc(Cl)cc2C)C1c1ccc(C(C)(C)C)cc1. The minimum atomic E-state index is -0.886. The Morgan fingerprint density at radius 1 is 0.946 bits per heavy atom. The maximum atomic E-state index is 13.6. The Morgan fingerprint density at radius 2 is 1.54 bits per heavy atom. The first kappa shape index (κ1) is 26.3. The van der Waals surface area contributed by atoms with E-state index in [0.29, 0.717) is 27.8 Å². The molecule has 0 spiro atoms. The third kappa shape index (κ3) is 4.69. The summed E-state index contributed by atoms with van der Waals surface area (Å²) in [5.74, 6) is -1.29. The molecule has 1 aliphatic rings. The Bertz CT molecular complexity index is 1380. The van der Waals surface area contributed by atoms with Crippen LogP contribution in [0.15, 0.2) is 66.2 Å². The van der Waals surface area contributed by atoms with Gasteiger partial charge >= 0.3 is 0 Å². The number of hydrogen-bond donors (Lipinski definition) is 1. The minimum absolute atomic E-state index is 0.0503. The maximum absolute atomic E-state index is 13.6. The predicted molar refractivity (Wildman–Crippen MR) is 146 cm³/mol. The van der Waals surface area contributed by atoms with Crippen LogP contribution in [0.4, 0.5) is 5.69 Å². The predicted octanol–water partition coefficient (Wildman–Crippen LogP) is 6.59. The molecular weight excluding hydrogens is 490 g/mol. The molecule has 1 N–H and O–H groups in total. The van der Waals surface area contributed by atoms with Crippen molar-refractivity contribution in [3.63, 3.8) is 0 Å². The fraction of sp³-hybridized carbons (Fsp3) is 0.267. The van der Waals surface area contributed by atoms with Gasteiger partial charge in [-0.05, 0) is 59.4 Å². The highest BCUT2D eigenvalue weighted by Crippen LogP contribution is 2.46. The largest absolute Gasteiger partial charge is 0.506 e. The van der Waals surface area contributed by atoms with E-state index in [0.717, 1.165) is 11.1 Å². The summed E-state index contributed by atoms with van der Waals surface area (Å²) < 4.78 is 10.9. The monoisotopic (exact) mass is 519 g/mol. The summed E-state index contributed by atoms with van der Waals surface area (Å²) in [5.41, 5.74) is 3.10. The number of amides is 1. The number of hydrogen-bond acceptors (Lipinski definition) is 5. The van der Waals surface area contributed by atoms with E-state index in [9.17, 15) is 14.7 Å². The minimum Gasteiger partial charge on any atom is -0.506 e. The van der Waals surface area contributed by atoms with Crippen LogP contribution in [0.5, 0.6) is 11.5 Å². The van der Waals surface area contributed by atoms with Gasteiger partial charge in [0.1, 0.15) is 22.8 Å². The number of carbonyl (C=O) groups is 2. The Kier molecular flexibility index (Phi) is 7.07. The first-order valence-electron chi connectivity index (χ1n) is 11.9. The van der Waals surface area contributed by atoms with Crippen molar-refractivity contribution in [3.8, 4) is 11.5 Å². The smallest absolute Gasteiger partial charge is 0.300 e. The molecule has 0 bridgehead atoms. The fourth-order valence-electron chi connectivity index (χ4n) is 4.67. The van der Waals surface area contributed by atoms with Gasteiger partial charge in [0, 0.05) is 10.7 Å². The molecule has 192 valence electrons. The van der Waals surface area contributed by atoms with Gasteiger partial charge in [0.15, 0.2) is 0 Å². The summed E-state index contributed by atoms with van der Waals surface area (Å²) in [6.45, 7) is 8.15. The zero-order chi connectivity index (χ0) is 27.1. The molecule has 0 aromatic heterocycles. The van der Waals surface area contributed by atoms with Gasteiger partial charge < -0.3 is 14.6 Å². The summed E-state index contributed by atoms with van der Waals surface area (Å²) in [6, 6.07) is 17.0. The van der Waals surface area contributed by atoms with E-state index < -0.39 is 17.7 Å². The second-order valence-electron chi connectivity index (χ2n) is 10.0. The lowest BCUT2D eigenvalue weighted by Gasteiger charge is -2.28. The lowest BCUT2D eigenvalue weighted by molar-refractivity contribution is -0.132. The fourth-order valence-corrected chi connectivity index (χ4v) is 4.90. The quantitative estimate of drug-likeness (QED) is 0.234. The molecule has 0 aliphatic carbocycles. The molecule has 6 nitrogen and oxygen atoms in total. The topological polar surface area (TPSA) is 76.1 Å². The number of aliphatic hydroxyl groups excluding tert-OH is 1. The molecule has 7 heteroatoms. The molecular formula is C30H30ClNO5. The highest BCUT2D eigenvalue weighted by Gasteiger charge is 2.48. The first-order chi connectivity index (χ1) is 17.5. The van der Waals surface area contributed by atoms with Crippen LogP contribution in [0.3, 0.4) is 0 Å². The van der Waals surface area contributed by atoms with Crippen molar-refractivity contribution in [3.05, 3.63) is 93.5 Å². The second-order valence-corrected chi connectivity index (χ2v) is 10.4. The van der Waals surface area contributed by atoms with Crippen molar-refractivity contribution in [2.24, 2.45) is 0 Å². The van der Waals surface area contributed by atoms with Crippen molar-refractivity contribution in [1.82, 2.24) is 0 Å². The molecule has 1 atom stereocenters. The molecule has 1 aliphatic heterocycles. The molecule has 0 radical (unpaired) electrons. The zero-order valence-electron chi connectivity index (χ0n) is 21.8. The molecule has 0 saturated carbocycles. The third-order valence-electron chi connectivity index (χ3n) is 6.62. The third-order valence-corrected chi connectivity index (χ3v) is 6.85. The molecule has 1 saturated heterocycles. The Hall–Kier alpha value is -3.77. The number of rotatable bonds is 5. The van der Waals surface area contributed by atoms with Crippen molar-refractivity contribution in [2.45, 2.75) is 39.2 Å². The Labute approximate surface area is 222 Å². The Morgan fingerprint density at radius 3 is 2.05 bits per heavy atom. The molecule has 1 heterocycles. The molecule has 3 aromatic carbocycles. The number of halogens is 1. The van der Waals surface area contributed by atoms with Gasteiger partial charge in [-0.1, -0.05) is 62.7 Å². The van der Waals surface area contributed by atoms with E-state index in [1.807, 2.05) is 31.2 Å². The van der Waals surface area contributed by atoms with Crippen LogP contribution in [-0.2, 0) is 15.0 Å². The van der Waals surface area contributed by atoms with E-state index in [1.54, 1.807) is 36.4 Å². The summed E-state index contributed by atoms with van der Waals surface area (Å²) in [4.78, 5) is 28.5. The van der Waals surface area contributed by atoms with Crippen LogP contribution in [0, 0.1) is 6.92 Å². The number of benzene rings is 3. The number of aryl methyl sites for hydroxylation is 1. The van der Waals surface area contributed by atoms with Gasteiger partial charge in [-0.3, -0.25) is 14.5 Å². The number of ketones is 1. The van der Waals surface area contributed by atoms with Crippen molar-refractivity contribution in [2.75, 3.05) is 19.1 Å². The second kappa shape index (κ2) is 9.94. The van der Waals surface area contributed by atoms with E-state index in [1.165, 1.54) is 19.1 Å². The molecule has 1 unspecified atom stereocenters. The van der Waals surface area contributed by atoms with Gasteiger partial charge in [0.25, 0.3) is 11.7 Å². The van der Waals surface area contributed by atoms with Crippen molar-refractivity contribution < 1.29 is 24.2 Å². The summed E-state index contributed by atoms with van der Waals surface area (Å²) in [7, 11) is 2.92. The van der Waals surface area contributed by atoms with E-state index in [-0.39, 0.29) is 22.3 Å². The van der Waals surface area contributed by atoms with Gasteiger partial charge in [0.05, 0.1) is 25.8 Å². The molecule has 37 heavy (non-hydrogen) atoms. The van der Waals surface area contributed by atoms with E-state index in [2.05, 4.69) is 20.8 Å². The summed E-state index contributed by atoms with van der Waals surface area (Å²) in [6.07, 6.45) is 0. The van der Waals surface area contributed by atoms with Crippen molar-refractivity contribution >= 4 is 34.7 Å². The first-order valence-corrected chi connectivity index (χ1v) is 12.3. The van der Waals surface area contributed by atoms with Crippen LogP contribution in [0.2, 0.25) is 5.02 Å². The van der Waals surface area contributed by atoms with Crippen molar-refractivity contribution in [1.29, 1.82) is 0 Å². The number of Topliss-reactive ketones (excluding diaryl/α,β-unsaturated/α-hetero) is 1. The highest BCUT2D eigenvalue weighted by molar-refractivity contribution is 6.52. The van der Waals surface area contributed by atoms with Gasteiger partial charge in [0.2, 0.25) is 0 Å². The standard InChI is InChI=1S/C30H30ClNO5/c1-17-16-20(31)14-15-21(17)32-26(18-10-12-19(13-11-18)30(2,3)4)25(28(34)29(32)35)27(33)24-22(36-5)8-7-9-23(24)37-6/h7-16,26,33H,1-6H3/b27-25+. The number of methoxy groups -OCH3 is 2. The normalized spacial score (nSPS) is 17.3. The number of carbonyl (C=O) groups excluding carboxylic acids is 2. The Balaban J connectivity index is 2.02. The lowest BCUT2D eigenvalue weighted by atomic mass is 9.85. The van der Waals surface area contributed by atoms with E-state index in [4.69, 9.17) is 21.1 Å². The lowest BCUT2D eigenvalue weighted by Crippen LogP contribution is -2.30. The molecule has 3 aromatic rings. The number of nitrogens with zero attached hydrogens (tertiary/aromatic N) is 1. The van der Waals surface area contributed by atoms with Gasteiger partial charge in [-0.2, -0.15) is 0 Å². The number of ether oxygens (including phenoxy) is 2. The van der Waals surface area contributed by atoms with Crippen LogP contribution in [-0.4, -0.2) is 31.0 Å². The molecule has 1 amide bonds. The van der Waals surface area contributed by atoms with E-state index >= 15 is 0 Å². The van der Waals surface area contributed by atoms with Crippen LogP contribution in [0.1, 0.15) is 49.1 Å².